The van der Waals surface area contributed by atoms with Crippen LogP contribution in [0, 0.1) is 11.3 Å². The minimum atomic E-state index is -0.0433. The monoisotopic (exact) mass is 272 g/mol. The van der Waals surface area contributed by atoms with Gasteiger partial charge in [0.15, 0.2) is 0 Å². The molecule has 0 spiro atoms. The fourth-order valence-corrected chi connectivity index (χ4v) is 1.53. The van der Waals surface area contributed by atoms with Crippen LogP contribution in [0.5, 0.6) is 0 Å². The number of carbonyl (C=O) groups excluding carboxylic acids is 1. The fourth-order valence-electron chi connectivity index (χ4n) is 1.53. The zero-order chi connectivity index (χ0) is 14.8. The average Bonchev–Trinajstić information content (AvgIpc) is 2.43. The van der Waals surface area contributed by atoms with E-state index in [1.54, 1.807) is 24.3 Å². The highest BCUT2D eigenvalue weighted by molar-refractivity contribution is 5.90. The van der Waals surface area contributed by atoms with Crippen LogP contribution in [0.25, 0.3) is 0 Å². The summed E-state index contributed by atoms with van der Waals surface area (Å²) in [6, 6.07) is 8.83. The van der Waals surface area contributed by atoms with E-state index in [4.69, 9.17) is 10.00 Å². The van der Waals surface area contributed by atoms with Crippen molar-refractivity contribution in [3.8, 4) is 6.07 Å². The van der Waals surface area contributed by atoms with Gasteiger partial charge in [0.2, 0.25) is 5.91 Å². The first kappa shape index (κ1) is 15.9. The van der Waals surface area contributed by atoms with Gasteiger partial charge in [-0.05, 0) is 44.0 Å². The van der Waals surface area contributed by atoms with Gasteiger partial charge in [0.05, 0.1) is 18.2 Å². The second-order valence-corrected chi connectivity index (χ2v) is 4.66. The first-order valence-electron chi connectivity index (χ1n) is 6.64. The molecule has 106 valence electrons. The summed E-state index contributed by atoms with van der Waals surface area (Å²) in [6.45, 7) is 7.00. The van der Waals surface area contributed by atoms with Crippen molar-refractivity contribution in [1.29, 1.82) is 5.26 Å². The molecule has 1 aromatic rings. The molecule has 1 amide bonds. The summed E-state index contributed by atoms with van der Waals surface area (Å²) in [5.41, 5.74) is 2.38. The van der Waals surface area contributed by atoms with Gasteiger partial charge >= 0.3 is 0 Å². The van der Waals surface area contributed by atoms with Crippen molar-refractivity contribution >= 4 is 11.6 Å². The summed E-state index contributed by atoms with van der Waals surface area (Å²) >= 11 is 0. The normalized spacial score (nSPS) is 9.80. The highest BCUT2D eigenvalue weighted by Crippen LogP contribution is 2.09. The average molecular weight is 272 g/mol. The number of hydrogen-bond acceptors (Lipinski definition) is 3. The van der Waals surface area contributed by atoms with Crippen LogP contribution in [0.15, 0.2) is 36.4 Å². The molecule has 20 heavy (non-hydrogen) atoms. The SMILES string of the molecule is C=C(C)CCOCCCC(=O)Nc1ccc(C#N)cc1. The summed E-state index contributed by atoms with van der Waals surface area (Å²) in [4.78, 5) is 11.7. The van der Waals surface area contributed by atoms with Crippen molar-refractivity contribution in [1.82, 2.24) is 0 Å². The van der Waals surface area contributed by atoms with Gasteiger partial charge in [-0.1, -0.05) is 5.57 Å². The fraction of sp³-hybridized carbons (Fsp3) is 0.375. The van der Waals surface area contributed by atoms with Crippen LogP contribution in [0.4, 0.5) is 5.69 Å². The van der Waals surface area contributed by atoms with Gasteiger partial charge in [-0.2, -0.15) is 5.26 Å². The molecular formula is C16H20N2O2. The van der Waals surface area contributed by atoms with Crippen LogP contribution in [0.3, 0.4) is 0 Å². The summed E-state index contributed by atoms with van der Waals surface area (Å²) < 4.78 is 5.40. The molecule has 1 rings (SSSR count). The van der Waals surface area contributed by atoms with E-state index in [1.165, 1.54) is 0 Å². The van der Waals surface area contributed by atoms with Crippen LogP contribution < -0.4 is 5.32 Å². The molecular weight excluding hydrogens is 252 g/mol. The highest BCUT2D eigenvalue weighted by Gasteiger charge is 2.02. The number of ether oxygens (including phenoxy) is 1. The van der Waals surface area contributed by atoms with Crippen LogP contribution in [0.2, 0.25) is 0 Å². The molecule has 0 heterocycles. The Kier molecular flexibility index (Phi) is 7.08. The topological polar surface area (TPSA) is 62.1 Å². The molecule has 1 N–H and O–H groups in total. The number of nitriles is 1. The Morgan fingerprint density at radius 3 is 2.60 bits per heavy atom. The Morgan fingerprint density at radius 1 is 1.30 bits per heavy atom. The third-order valence-electron chi connectivity index (χ3n) is 2.66. The molecule has 0 radical (unpaired) electrons. The number of nitrogens with one attached hydrogen (secondary N) is 1. The molecule has 4 heteroatoms. The number of benzene rings is 1. The van der Waals surface area contributed by atoms with E-state index < -0.39 is 0 Å². The second-order valence-electron chi connectivity index (χ2n) is 4.66. The molecule has 0 aliphatic carbocycles. The lowest BCUT2D eigenvalue weighted by Crippen LogP contribution is -2.12. The number of carbonyl (C=O) groups is 1. The molecule has 4 nitrogen and oxygen atoms in total. The first-order chi connectivity index (χ1) is 9.61. The Morgan fingerprint density at radius 2 is 2.00 bits per heavy atom. The van der Waals surface area contributed by atoms with Crippen LogP contribution in [0.1, 0.15) is 31.7 Å². The molecule has 0 fully saturated rings. The van der Waals surface area contributed by atoms with Crippen molar-refractivity contribution < 1.29 is 9.53 Å². The van der Waals surface area contributed by atoms with Crippen molar-refractivity contribution in [2.24, 2.45) is 0 Å². The predicted octanol–water partition coefficient (Wildman–Crippen LogP) is 3.26. The molecule has 0 saturated carbocycles. The number of amides is 1. The first-order valence-corrected chi connectivity index (χ1v) is 6.64. The third kappa shape index (κ3) is 6.72. The number of anilines is 1. The van der Waals surface area contributed by atoms with Crippen LogP contribution in [-0.4, -0.2) is 19.1 Å². The summed E-state index contributed by atoms with van der Waals surface area (Å²) in [6.07, 6.45) is 1.98. The minimum Gasteiger partial charge on any atom is -0.381 e. The second kappa shape index (κ2) is 8.89. The summed E-state index contributed by atoms with van der Waals surface area (Å²) in [5.74, 6) is -0.0433. The predicted molar refractivity (Wildman–Crippen MR) is 79.3 cm³/mol. The van der Waals surface area contributed by atoms with E-state index in [9.17, 15) is 4.79 Å². The zero-order valence-electron chi connectivity index (χ0n) is 11.8. The maximum atomic E-state index is 11.7. The number of hydrogen-bond donors (Lipinski definition) is 1. The number of nitrogens with zero attached hydrogens (tertiary/aromatic N) is 1. The van der Waals surface area contributed by atoms with Gasteiger partial charge < -0.3 is 10.1 Å². The molecule has 1 aromatic carbocycles. The zero-order valence-corrected chi connectivity index (χ0v) is 11.8. The van der Waals surface area contributed by atoms with Crippen molar-refractivity contribution in [3.05, 3.63) is 42.0 Å². The maximum absolute atomic E-state index is 11.7. The molecule has 0 atom stereocenters. The van der Waals surface area contributed by atoms with Gasteiger partial charge in [0.25, 0.3) is 0 Å². The van der Waals surface area contributed by atoms with Crippen molar-refractivity contribution in [2.45, 2.75) is 26.2 Å². The maximum Gasteiger partial charge on any atom is 0.224 e. The van der Waals surface area contributed by atoms with E-state index in [2.05, 4.69) is 11.9 Å². The van der Waals surface area contributed by atoms with Gasteiger partial charge in [-0.25, -0.2) is 0 Å². The largest absolute Gasteiger partial charge is 0.381 e. The Labute approximate surface area is 120 Å². The number of rotatable bonds is 8. The molecule has 0 unspecified atom stereocenters. The molecule has 0 aliphatic rings. The lowest BCUT2D eigenvalue weighted by Gasteiger charge is -2.06. The van der Waals surface area contributed by atoms with E-state index in [0.29, 0.717) is 37.3 Å². The lowest BCUT2D eigenvalue weighted by atomic mass is 10.2. The molecule has 0 bridgehead atoms. The van der Waals surface area contributed by atoms with Crippen LogP contribution >= 0.6 is 0 Å². The minimum absolute atomic E-state index is 0.0433. The van der Waals surface area contributed by atoms with Gasteiger partial charge in [0.1, 0.15) is 0 Å². The van der Waals surface area contributed by atoms with E-state index in [-0.39, 0.29) is 5.91 Å². The van der Waals surface area contributed by atoms with Crippen molar-refractivity contribution in [3.63, 3.8) is 0 Å². The summed E-state index contributed by atoms with van der Waals surface area (Å²) in [5, 5.41) is 11.5. The van der Waals surface area contributed by atoms with Crippen LogP contribution in [-0.2, 0) is 9.53 Å². The smallest absolute Gasteiger partial charge is 0.224 e. The lowest BCUT2D eigenvalue weighted by molar-refractivity contribution is -0.116. The van der Waals surface area contributed by atoms with E-state index in [1.807, 2.05) is 13.0 Å². The molecule has 0 aromatic heterocycles. The van der Waals surface area contributed by atoms with Gasteiger partial charge in [-0.3, -0.25) is 4.79 Å². The Hall–Kier alpha value is -2.12. The summed E-state index contributed by atoms with van der Waals surface area (Å²) in [7, 11) is 0. The molecule has 0 saturated heterocycles. The van der Waals surface area contributed by atoms with Crippen molar-refractivity contribution in [2.75, 3.05) is 18.5 Å². The highest BCUT2D eigenvalue weighted by atomic mass is 16.5. The third-order valence-corrected chi connectivity index (χ3v) is 2.66. The Bertz CT molecular complexity index is 486. The standard InChI is InChI=1S/C16H20N2O2/c1-13(2)9-11-20-10-3-4-16(19)18-15-7-5-14(12-17)6-8-15/h5-8H,1,3-4,9-11H2,2H3,(H,18,19). The van der Waals surface area contributed by atoms with Gasteiger partial charge in [-0.15, -0.1) is 6.58 Å². The van der Waals surface area contributed by atoms with E-state index >= 15 is 0 Å². The van der Waals surface area contributed by atoms with E-state index in [0.717, 1.165) is 12.0 Å². The quantitative estimate of drug-likeness (QED) is 0.583. The Balaban J connectivity index is 2.17. The molecule has 0 aliphatic heterocycles. The van der Waals surface area contributed by atoms with Gasteiger partial charge in [0, 0.05) is 18.7 Å².